The molecule has 0 saturated heterocycles. The Balaban J connectivity index is 1.64. The number of nitrogens with one attached hydrogen (secondary N) is 1. The van der Waals surface area contributed by atoms with Crippen molar-refractivity contribution in [2.24, 2.45) is 5.10 Å². The summed E-state index contributed by atoms with van der Waals surface area (Å²) in [7, 11) is 0. The Kier molecular flexibility index (Phi) is 6.03. The maximum atomic E-state index is 11.9. The van der Waals surface area contributed by atoms with Gasteiger partial charge in [0.25, 0.3) is 5.91 Å². The van der Waals surface area contributed by atoms with E-state index in [1.165, 1.54) is 17.3 Å². The lowest BCUT2D eigenvalue weighted by Gasteiger charge is -2.10. The van der Waals surface area contributed by atoms with Crippen LogP contribution in [0, 0.1) is 20.8 Å². The van der Waals surface area contributed by atoms with E-state index in [0.717, 1.165) is 22.6 Å². The van der Waals surface area contributed by atoms with Crippen LogP contribution in [0.3, 0.4) is 0 Å². The lowest BCUT2D eigenvalue weighted by atomic mass is 10.2. The highest BCUT2D eigenvalue weighted by Crippen LogP contribution is 2.20. The number of benzene rings is 1. The predicted molar refractivity (Wildman–Crippen MR) is 108 cm³/mol. The summed E-state index contributed by atoms with van der Waals surface area (Å²) < 4.78 is 2.18. The van der Waals surface area contributed by atoms with E-state index in [0.29, 0.717) is 5.16 Å². The standard InChI is InChI=1S/C20H21N5OS/c1-14-6-4-7-18(10-14)25-15(2)11-17(16(25)3)12-23-24-19(26)13-27-20-21-8-5-9-22-20/h4-12H,13H2,1-3H3,(H,24,26)/b23-12+. The average molecular weight is 379 g/mol. The second-order valence-electron chi connectivity index (χ2n) is 6.11. The van der Waals surface area contributed by atoms with E-state index in [1.807, 2.05) is 13.0 Å². The number of hydrogen-bond acceptors (Lipinski definition) is 5. The fourth-order valence-corrected chi connectivity index (χ4v) is 3.37. The normalized spacial score (nSPS) is 11.1. The molecule has 0 radical (unpaired) electrons. The van der Waals surface area contributed by atoms with Gasteiger partial charge in [-0.15, -0.1) is 0 Å². The molecule has 1 aromatic carbocycles. The second-order valence-corrected chi connectivity index (χ2v) is 7.06. The van der Waals surface area contributed by atoms with Gasteiger partial charge < -0.3 is 4.57 Å². The maximum Gasteiger partial charge on any atom is 0.250 e. The van der Waals surface area contributed by atoms with Gasteiger partial charge in [0.1, 0.15) is 0 Å². The van der Waals surface area contributed by atoms with E-state index >= 15 is 0 Å². The number of aromatic nitrogens is 3. The number of hydrogen-bond donors (Lipinski definition) is 1. The molecule has 0 atom stereocenters. The predicted octanol–water partition coefficient (Wildman–Crippen LogP) is 3.43. The Morgan fingerprint density at radius 1 is 1.19 bits per heavy atom. The Morgan fingerprint density at radius 3 is 2.70 bits per heavy atom. The van der Waals surface area contributed by atoms with Crippen LogP contribution in [0.1, 0.15) is 22.5 Å². The number of aryl methyl sites for hydroxylation is 2. The second kappa shape index (κ2) is 8.64. The molecule has 2 aromatic heterocycles. The van der Waals surface area contributed by atoms with Crippen LogP contribution in [-0.2, 0) is 4.79 Å². The molecule has 0 saturated carbocycles. The van der Waals surface area contributed by atoms with Crippen LogP contribution < -0.4 is 5.43 Å². The molecule has 7 heteroatoms. The Morgan fingerprint density at radius 2 is 1.96 bits per heavy atom. The van der Waals surface area contributed by atoms with E-state index in [2.05, 4.69) is 63.2 Å². The molecule has 6 nitrogen and oxygen atoms in total. The zero-order valence-electron chi connectivity index (χ0n) is 15.5. The molecule has 138 valence electrons. The fourth-order valence-electron chi connectivity index (χ4n) is 2.78. The Labute approximate surface area is 162 Å². The monoisotopic (exact) mass is 379 g/mol. The van der Waals surface area contributed by atoms with E-state index in [1.54, 1.807) is 24.7 Å². The maximum absolute atomic E-state index is 11.9. The molecule has 0 fully saturated rings. The summed E-state index contributed by atoms with van der Waals surface area (Å²) in [5, 5.41) is 4.66. The Bertz CT molecular complexity index is 966. The third-order valence-electron chi connectivity index (χ3n) is 4.00. The van der Waals surface area contributed by atoms with E-state index < -0.39 is 0 Å². The summed E-state index contributed by atoms with van der Waals surface area (Å²) in [5.41, 5.74) is 8.03. The summed E-state index contributed by atoms with van der Waals surface area (Å²) in [6, 6.07) is 12.1. The van der Waals surface area contributed by atoms with Crippen LogP contribution in [0.25, 0.3) is 5.69 Å². The molecule has 0 aliphatic carbocycles. The number of nitrogens with zero attached hydrogens (tertiary/aromatic N) is 4. The van der Waals surface area contributed by atoms with Crippen molar-refractivity contribution in [3.8, 4) is 5.69 Å². The van der Waals surface area contributed by atoms with Crippen molar-refractivity contribution < 1.29 is 4.79 Å². The van der Waals surface area contributed by atoms with Crippen LogP contribution in [0.4, 0.5) is 0 Å². The summed E-state index contributed by atoms with van der Waals surface area (Å²) >= 11 is 1.27. The first-order chi connectivity index (χ1) is 13.0. The minimum absolute atomic E-state index is 0.198. The third-order valence-corrected chi connectivity index (χ3v) is 4.87. The first kappa shape index (κ1) is 18.8. The number of thioether (sulfide) groups is 1. The molecular formula is C20H21N5OS. The largest absolute Gasteiger partial charge is 0.318 e. The fraction of sp³-hybridized carbons (Fsp3) is 0.200. The van der Waals surface area contributed by atoms with Gasteiger partial charge in [-0.3, -0.25) is 4.79 Å². The van der Waals surface area contributed by atoms with Gasteiger partial charge in [0, 0.05) is 35.0 Å². The van der Waals surface area contributed by atoms with Crippen molar-refractivity contribution in [1.82, 2.24) is 20.0 Å². The first-order valence-electron chi connectivity index (χ1n) is 8.52. The van der Waals surface area contributed by atoms with Gasteiger partial charge in [0.05, 0.1) is 12.0 Å². The first-order valence-corrected chi connectivity index (χ1v) is 9.51. The smallest absolute Gasteiger partial charge is 0.250 e. The third kappa shape index (κ3) is 4.83. The molecule has 1 N–H and O–H groups in total. The molecule has 2 heterocycles. The van der Waals surface area contributed by atoms with Crippen LogP contribution in [0.5, 0.6) is 0 Å². The van der Waals surface area contributed by atoms with Gasteiger partial charge >= 0.3 is 0 Å². The molecule has 3 rings (SSSR count). The van der Waals surface area contributed by atoms with Gasteiger partial charge in [0.15, 0.2) is 5.16 Å². The van der Waals surface area contributed by atoms with Crippen LogP contribution in [0.2, 0.25) is 0 Å². The summed E-state index contributed by atoms with van der Waals surface area (Å²) in [6.07, 6.45) is 4.97. The highest BCUT2D eigenvalue weighted by molar-refractivity contribution is 7.99. The quantitative estimate of drug-likeness (QED) is 0.308. The lowest BCUT2D eigenvalue weighted by Crippen LogP contribution is -2.19. The molecule has 27 heavy (non-hydrogen) atoms. The zero-order valence-corrected chi connectivity index (χ0v) is 16.3. The van der Waals surface area contributed by atoms with Crippen LogP contribution in [-0.4, -0.2) is 32.4 Å². The van der Waals surface area contributed by atoms with E-state index in [9.17, 15) is 4.79 Å². The van der Waals surface area contributed by atoms with Gasteiger partial charge in [-0.1, -0.05) is 23.9 Å². The molecule has 1 amide bonds. The molecule has 0 spiro atoms. The highest BCUT2D eigenvalue weighted by atomic mass is 32.2. The molecule has 0 aliphatic heterocycles. The zero-order chi connectivity index (χ0) is 19.2. The minimum Gasteiger partial charge on any atom is -0.318 e. The summed E-state index contributed by atoms with van der Waals surface area (Å²) in [6.45, 7) is 6.18. The lowest BCUT2D eigenvalue weighted by molar-refractivity contribution is -0.118. The number of rotatable bonds is 6. The molecule has 3 aromatic rings. The van der Waals surface area contributed by atoms with Crippen molar-refractivity contribution in [3.63, 3.8) is 0 Å². The molecule has 0 unspecified atom stereocenters. The van der Waals surface area contributed by atoms with Crippen LogP contribution >= 0.6 is 11.8 Å². The summed E-state index contributed by atoms with van der Waals surface area (Å²) in [5.74, 6) is 0.0140. The number of hydrazone groups is 1. The van der Waals surface area contributed by atoms with Gasteiger partial charge in [0.2, 0.25) is 0 Å². The van der Waals surface area contributed by atoms with E-state index in [-0.39, 0.29) is 11.7 Å². The van der Waals surface area contributed by atoms with Crippen molar-refractivity contribution in [1.29, 1.82) is 0 Å². The average Bonchev–Trinajstić information content (AvgIpc) is 2.94. The van der Waals surface area contributed by atoms with Crippen molar-refractivity contribution in [2.75, 3.05) is 5.75 Å². The van der Waals surface area contributed by atoms with Gasteiger partial charge in [-0.2, -0.15) is 5.10 Å². The van der Waals surface area contributed by atoms with Gasteiger partial charge in [-0.05, 0) is 50.6 Å². The van der Waals surface area contributed by atoms with Gasteiger partial charge in [-0.25, -0.2) is 15.4 Å². The number of amides is 1. The van der Waals surface area contributed by atoms with Crippen molar-refractivity contribution in [2.45, 2.75) is 25.9 Å². The van der Waals surface area contributed by atoms with Crippen LogP contribution in [0.15, 0.2) is 59.0 Å². The topological polar surface area (TPSA) is 72.2 Å². The van der Waals surface area contributed by atoms with E-state index in [4.69, 9.17) is 0 Å². The summed E-state index contributed by atoms with van der Waals surface area (Å²) in [4.78, 5) is 20.1. The molecular weight excluding hydrogens is 358 g/mol. The minimum atomic E-state index is -0.198. The SMILES string of the molecule is Cc1cccc(-n2c(C)cc(/C=N/NC(=O)CSc3ncccn3)c2C)c1. The van der Waals surface area contributed by atoms with Crippen molar-refractivity contribution >= 4 is 23.9 Å². The molecule has 0 aliphatic rings. The molecule has 0 bridgehead atoms. The number of carbonyl (C=O) groups is 1. The number of carbonyl (C=O) groups excluding carboxylic acids is 1. The Hall–Kier alpha value is -2.93. The highest BCUT2D eigenvalue weighted by Gasteiger charge is 2.10. The van der Waals surface area contributed by atoms with Crippen molar-refractivity contribution in [3.05, 3.63) is 71.3 Å².